The van der Waals surface area contributed by atoms with Crippen molar-refractivity contribution < 1.29 is 14.2 Å². The fourth-order valence-electron chi connectivity index (χ4n) is 2.88. The molecule has 1 aromatic carbocycles. The summed E-state index contributed by atoms with van der Waals surface area (Å²) in [6.45, 7) is 9.01. The summed E-state index contributed by atoms with van der Waals surface area (Å²) in [6, 6.07) is 7.98. The second kappa shape index (κ2) is 15.6. The molecule has 0 atom stereocenters. The monoisotopic (exact) mass is 503 g/mol. The lowest BCUT2D eigenvalue weighted by Gasteiger charge is -2.21. The molecule has 0 aromatic heterocycles. The molecule has 0 radical (unpaired) electrons. The van der Waals surface area contributed by atoms with Gasteiger partial charge in [-0.05, 0) is 31.2 Å². The first kappa shape index (κ1) is 24.7. The summed E-state index contributed by atoms with van der Waals surface area (Å²) in [5.74, 6) is 2.30. The lowest BCUT2D eigenvalue weighted by atomic mass is 10.0. The smallest absolute Gasteiger partial charge is 0.191 e. The summed E-state index contributed by atoms with van der Waals surface area (Å²) < 4.78 is 16.8. The lowest BCUT2D eigenvalue weighted by Crippen LogP contribution is -2.37. The minimum atomic E-state index is 0. The zero-order valence-electron chi connectivity index (χ0n) is 16.8. The Kier molecular flexibility index (Phi) is 13.8. The van der Waals surface area contributed by atoms with Crippen LogP contribution in [0, 0.1) is 5.92 Å². The van der Waals surface area contributed by atoms with Crippen molar-refractivity contribution in [3.05, 3.63) is 42.5 Å². The number of benzene rings is 1. The molecule has 0 aliphatic carbocycles. The fraction of sp³-hybridized carbons (Fsp3) is 0.571. The van der Waals surface area contributed by atoms with E-state index in [0.717, 1.165) is 69.5 Å². The largest absolute Gasteiger partial charge is 0.489 e. The second-order valence-corrected chi connectivity index (χ2v) is 6.54. The van der Waals surface area contributed by atoms with Crippen LogP contribution >= 0.6 is 24.0 Å². The molecule has 1 heterocycles. The quantitative estimate of drug-likeness (QED) is 0.160. The number of hydrogen-bond donors (Lipinski definition) is 2. The number of para-hydroxylation sites is 1. The highest BCUT2D eigenvalue weighted by Gasteiger charge is 2.13. The molecule has 2 rings (SSSR count). The highest BCUT2D eigenvalue weighted by atomic mass is 127. The Bertz CT molecular complexity index is 578. The van der Waals surface area contributed by atoms with Crippen molar-refractivity contribution in [2.75, 3.05) is 46.6 Å². The number of nitrogens with one attached hydrogen (secondary N) is 2. The third kappa shape index (κ3) is 9.75. The molecule has 1 aromatic rings. The number of aliphatic imine (C=N–C) groups is 1. The molecule has 2 N–H and O–H groups in total. The molecule has 0 amide bonds. The van der Waals surface area contributed by atoms with Crippen LogP contribution in [0.2, 0.25) is 0 Å². The van der Waals surface area contributed by atoms with Crippen LogP contribution in [0.15, 0.2) is 41.9 Å². The van der Waals surface area contributed by atoms with Crippen LogP contribution < -0.4 is 15.4 Å². The lowest BCUT2D eigenvalue weighted by molar-refractivity contribution is 0.0203. The van der Waals surface area contributed by atoms with Gasteiger partial charge in [0.2, 0.25) is 0 Å². The Hall–Kier alpha value is -1.32. The molecule has 1 aliphatic rings. The van der Waals surface area contributed by atoms with E-state index in [1.165, 1.54) is 0 Å². The van der Waals surface area contributed by atoms with Crippen molar-refractivity contribution in [2.45, 2.75) is 25.8 Å². The van der Waals surface area contributed by atoms with Crippen molar-refractivity contribution in [1.29, 1.82) is 0 Å². The van der Waals surface area contributed by atoms with Gasteiger partial charge < -0.3 is 24.8 Å². The van der Waals surface area contributed by atoms with E-state index in [0.29, 0.717) is 19.1 Å². The zero-order valence-corrected chi connectivity index (χ0v) is 19.2. The Labute approximate surface area is 186 Å². The first-order chi connectivity index (χ1) is 13.3. The Morgan fingerprint density at radius 2 is 2.07 bits per heavy atom. The number of guanidine groups is 1. The average Bonchev–Trinajstić information content (AvgIpc) is 2.72. The zero-order chi connectivity index (χ0) is 19.2. The molecule has 1 aliphatic heterocycles. The van der Waals surface area contributed by atoms with Gasteiger partial charge in [0.05, 0.1) is 0 Å². The minimum Gasteiger partial charge on any atom is -0.489 e. The summed E-state index contributed by atoms with van der Waals surface area (Å²) in [7, 11) is 1.77. The molecule has 6 nitrogen and oxygen atoms in total. The van der Waals surface area contributed by atoms with Gasteiger partial charge in [0.15, 0.2) is 5.96 Å². The molecular formula is C21H34IN3O3. The number of halogens is 1. The van der Waals surface area contributed by atoms with Gasteiger partial charge in [0.25, 0.3) is 0 Å². The first-order valence-corrected chi connectivity index (χ1v) is 9.75. The predicted molar refractivity (Wildman–Crippen MR) is 125 cm³/mol. The Morgan fingerprint density at radius 1 is 1.29 bits per heavy atom. The van der Waals surface area contributed by atoms with E-state index >= 15 is 0 Å². The fourth-order valence-corrected chi connectivity index (χ4v) is 2.88. The maximum absolute atomic E-state index is 5.79. The first-order valence-electron chi connectivity index (χ1n) is 9.75. The van der Waals surface area contributed by atoms with E-state index in [-0.39, 0.29) is 24.0 Å². The average molecular weight is 503 g/mol. The summed E-state index contributed by atoms with van der Waals surface area (Å²) in [6.07, 6.45) is 4.93. The Balaban J connectivity index is 0.00000392. The molecule has 0 unspecified atom stereocenters. The highest BCUT2D eigenvalue weighted by Crippen LogP contribution is 2.17. The van der Waals surface area contributed by atoms with E-state index in [4.69, 9.17) is 14.2 Å². The molecule has 1 fully saturated rings. The van der Waals surface area contributed by atoms with Gasteiger partial charge in [-0.3, -0.25) is 4.99 Å². The molecule has 1 saturated heterocycles. The normalized spacial score (nSPS) is 14.8. The molecule has 28 heavy (non-hydrogen) atoms. The van der Waals surface area contributed by atoms with Gasteiger partial charge in [0, 0.05) is 52.1 Å². The summed E-state index contributed by atoms with van der Waals surface area (Å²) >= 11 is 0. The summed E-state index contributed by atoms with van der Waals surface area (Å²) in [5, 5.41) is 6.65. The maximum atomic E-state index is 5.79. The predicted octanol–water partition coefficient (Wildman–Crippen LogP) is 3.37. The van der Waals surface area contributed by atoms with Crippen LogP contribution in [-0.4, -0.2) is 52.6 Å². The van der Waals surface area contributed by atoms with E-state index in [1.807, 2.05) is 24.3 Å². The van der Waals surface area contributed by atoms with Gasteiger partial charge >= 0.3 is 0 Å². The van der Waals surface area contributed by atoms with Gasteiger partial charge in [0.1, 0.15) is 12.4 Å². The standard InChI is InChI=1S/C21H33N3O3.HI/c1-3-12-27-20-8-5-4-7-19(20)16-24-21(22-2)23-11-6-13-26-17-18-9-14-25-15-10-18;/h3-5,7-8,18H,1,6,9-17H2,2H3,(H2,22,23,24);1H. The SMILES string of the molecule is C=CCOc1ccccc1CNC(=NC)NCCCOCC1CCOCC1.I. The van der Waals surface area contributed by atoms with E-state index < -0.39 is 0 Å². The van der Waals surface area contributed by atoms with Crippen LogP contribution in [0.1, 0.15) is 24.8 Å². The second-order valence-electron chi connectivity index (χ2n) is 6.54. The molecule has 0 spiro atoms. The molecule has 0 bridgehead atoms. The number of hydrogen-bond acceptors (Lipinski definition) is 4. The molecule has 158 valence electrons. The van der Waals surface area contributed by atoms with Crippen molar-refractivity contribution in [3.63, 3.8) is 0 Å². The van der Waals surface area contributed by atoms with Crippen molar-refractivity contribution >= 4 is 29.9 Å². The van der Waals surface area contributed by atoms with Crippen molar-refractivity contribution in [3.8, 4) is 5.75 Å². The number of nitrogens with zero attached hydrogens (tertiary/aromatic N) is 1. The minimum absolute atomic E-state index is 0. The number of rotatable bonds is 11. The van der Waals surface area contributed by atoms with E-state index in [2.05, 4.69) is 22.2 Å². The maximum Gasteiger partial charge on any atom is 0.191 e. The van der Waals surface area contributed by atoms with Crippen molar-refractivity contribution in [2.24, 2.45) is 10.9 Å². The van der Waals surface area contributed by atoms with Gasteiger partial charge in [-0.1, -0.05) is 30.9 Å². The van der Waals surface area contributed by atoms with E-state index in [9.17, 15) is 0 Å². The highest BCUT2D eigenvalue weighted by molar-refractivity contribution is 14.0. The van der Waals surface area contributed by atoms with Crippen LogP contribution in [0.4, 0.5) is 0 Å². The third-order valence-electron chi connectivity index (χ3n) is 4.45. The van der Waals surface area contributed by atoms with E-state index in [1.54, 1.807) is 13.1 Å². The molecule has 7 heteroatoms. The topological polar surface area (TPSA) is 64.1 Å². The molecular weight excluding hydrogens is 469 g/mol. The summed E-state index contributed by atoms with van der Waals surface area (Å²) in [4.78, 5) is 4.27. The van der Waals surface area contributed by atoms with Crippen LogP contribution in [-0.2, 0) is 16.0 Å². The number of ether oxygens (including phenoxy) is 3. The van der Waals surface area contributed by atoms with Crippen LogP contribution in [0.5, 0.6) is 5.75 Å². The third-order valence-corrected chi connectivity index (χ3v) is 4.45. The van der Waals surface area contributed by atoms with Gasteiger partial charge in [-0.25, -0.2) is 0 Å². The van der Waals surface area contributed by atoms with Crippen molar-refractivity contribution in [1.82, 2.24) is 10.6 Å². The van der Waals surface area contributed by atoms with Gasteiger partial charge in [-0.2, -0.15) is 0 Å². The Morgan fingerprint density at radius 3 is 2.82 bits per heavy atom. The van der Waals surface area contributed by atoms with Crippen LogP contribution in [0.25, 0.3) is 0 Å². The van der Waals surface area contributed by atoms with Crippen LogP contribution in [0.3, 0.4) is 0 Å². The molecule has 0 saturated carbocycles. The van der Waals surface area contributed by atoms with Gasteiger partial charge in [-0.15, -0.1) is 24.0 Å². The summed E-state index contributed by atoms with van der Waals surface area (Å²) in [5.41, 5.74) is 1.09.